The zero-order chi connectivity index (χ0) is 20.4. The van der Waals surface area contributed by atoms with E-state index in [4.69, 9.17) is 10.1 Å². The number of fused-ring (bicyclic) bond motifs is 1. The molecule has 0 aliphatic heterocycles. The van der Waals surface area contributed by atoms with Crippen LogP contribution in [-0.2, 0) is 4.74 Å². The van der Waals surface area contributed by atoms with Gasteiger partial charge in [0.05, 0.1) is 17.6 Å². The predicted molar refractivity (Wildman–Crippen MR) is 111 cm³/mol. The first kappa shape index (κ1) is 18.5. The highest BCUT2D eigenvalue weighted by atomic mass is 32.1. The molecule has 144 valence electrons. The third-order valence-electron chi connectivity index (χ3n) is 4.28. The van der Waals surface area contributed by atoms with Gasteiger partial charge in [-0.15, -0.1) is 11.3 Å². The minimum absolute atomic E-state index is 0.0333. The zero-order valence-corrected chi connectivity index (χ0v) is 16.3. The van der Waals surface area contributed by atoms with Crippen LogP contribution >= 0.6 is 11.3 Å². The molecule has 2 aromatic heterocycles. The Bertz CT molecular complexity index is 1370. The summed E-state index contributed by atoms with van der Waals surface area (Å²) in [5.74, 6) is 0.0717. The number of benzene rings is 2. The minimum atomic E-state index is -0.333. The molecule has 0 bridgehead atoms. The van der Waals surface area contributed by atoms with Gasteiger partial charge in [-0.1, -0.05) is 30.3 Å². The van der Waals surface area contributed by atoms with Gasteiger partial charge in [0.25, 0.3) is 5.95 Å². The molecule has 8 heteroatoms. The van der Waals surface area contributed by atoms with Gasteiger partial charge < -0.3 is 14.8 Å². The zero-order valence-electron chi connectivity index (χ0n) is 15.5. The highest BCUT2D eigenvalue weighted by Gasteiger charge is 2.16. The molecule has 0 radical (unpaired) electrons. The number of aromatic amines is 1. The van der Waals surface area contributed by atoms with Crippen LogP contribution in [0.5, 0.6) is 0 Å². The quantitative estimate of drug-likeness (QED) is 0.485. The second-order valence-corrected chi connectivity index (χ2v) is 7.08. The standard InChI is InChI=1S/C21H17N5O2S/c1-2-28-21(27)17-18(23)26(13-8-4-3-5-9-13)20(29-17)14(12-22)19-24-15-10-6-7-11-16(15)25-19/h3-11,23,27H,2H2,1H3,(H,24,25)/b20-14+,21-17+,23-18?. The van der Waals surface area contributed by atoms with E-state index in [1.165, 1.54) is 0 Å². The second-order valence-electron chi connectivity index (χ2n) is 6.08. The molecule has 0 fully saturated rings. The summed E-state index contributed by atoms with van der Waals surface area (Å²) in [6.45, 7) is 2.02. The average Bonchev–Trinajstić information content (AvgIpc) is 3.31. The summed E-state index contributed by atoms with van der Waals surface area (Å²) >= 11 is 1.11. The first-order valence-electron chi connectivity index (χ1n) is 8.91. The number of nitriles is 1. The van der Waals surface area contributed by atoms with Crippen molar-refractivity contribution in [1.29, 1.82) is 10.7 Å². The van der Waals surface area contributed by atoms with Crippen LogP contribution < -0.4 is 14.7 Å². The van der Waals surface area contributed by atoms with Gasteiger partial charge in [-0.05, 0) is 31.2 Å². The second kappa shape index (κ2) is 7.66. The normalized spacial score (nSPS) is 13.1. The summed E-state index contributed by atoms with van der Waals surface area (Å²) in [6, 6.07) is 19.0. The van der Waals surface area contributed by atoms with Crippen molar-refractivity contribution in [2.75, 3.05) is 6.61 Å². The van der Waals surface area contributed by atoms with Crippen LogP contribution in [0.1, 0.15) is 12.7 Å². The van der Waals surface area contributed by atoms with E-state index < -0.39 is 0 Å². The van der Waals surface area contributed by atoms with Gasteiger partial charge in [-0.2, -0.15) is 5.26 Å². The Morgan fingerprint density at radius 2 is 1.97 bits per heavy atom. The molecule has 0 saturated heterocycles. The number of nitrogens with zero attached hydrogens (tertiary/aromatic N) is 3. The molecule has 2 heterocycles. The highest BCUT2D eigenvalue weighted by molar-refractivity contribution is 7.07. The Hall–Kier alpha value is -3.83. The summed E-state index contributed by atoms with van der Waals surface area (Å²) in [4.78, 5) is 7.70. The number of ether oxygens (including phenoxy) is 1. The van der Waals surface area contributed by atoms with E-state index in [9.17, 15) is 10.4 Å². The SMILES string of the molecule is CCO/C(O)=c1/s/c(=C(\C#N)c2nc3ccccc3[nH]2)n(-c2ccccc2)c1=N. The lowest BCUT2D eigenvalue weighted by atomic mass is 10.3. The fraction of sp³-hybridized carbons (Fsp3) is 0.0952. The lowest BCUT2D eigenvalue weighted by Gasteiger charge is -2.03. The molecule has 3 N–H and O–H groups in total. The Morgan fingerprint density at radius 1 is 1.24 bits per heavy atom. The molecular formula is C21H17N5O2S. The van der Waals surface area contributed by atoms with Crippen molar-refractivity contribution in [3.05, 3.63) is 75.1 Å². The summed E-state index contributed by atoms with van der Waals surface area (Å²) in [6.07, 6.45) is 0. The Morgan fingerprint density at radius 3 is 2.66 bits per heavy atom. The molecule has 0 amide bonds. The lowest BCUT2D eigenvalue weighted by Crippen LogP contribution is -2.32. The van der Waals surface area contributed by atoms with Gasteiger partial charge in [-0.25, -0.2) is 4.98 Å². The summed E-state index contributed by atoms with van der Waals surface area (Å²) in [7, 11) is 0. The van der Waals surface area contributed by atoms with Crippen molar-refractivity contribution in [2.24, 2.45) is 0 Å². The van der Waals surface area contributed by atoms with E-state index in [1.54, 1.807) is 11.5 Å². The molecule has 0 saturated carbocycles. The third-order valence-corrected chi connectivity index (χ3v) is 5.43. The monoisotopic (exact) mass is 403 g/mol. The van der Waals surface area contributed by atoms with Crippen molar-refractivity contribution in [2.45, 2.75) is 6.92 Å². The molecule has 0 atom stereocenters. The van der Waals surface area contributed by atoms with Crippen LogP contribution in [0, 0.1) is 16.7 Å². The van der Waals surface area contributed by atoms with Gasteiger partial charge in [0, 0.05) is 5.69 Å². The summed E-state index contributed by atoms with van der Waals surface area (Å²) < 4.78 is 7.55. The number of nitrogens with one attached hydrogen (secondary N) is 2. The molecule has 29 heavy (non-hydrogen) atoms. The first-order chi connectivity index (χ1) is 14.1. The minimum Gasteiger partial charge on any atom is -0.480 e. The molecule has 0 aliphatic rings. The van der Waals surface area contributed by atoms with E-state index in [1.807, 2.05) is 54.6 Å². The number of aliphatic hydroxyl groups is 1. The number of aliphatic hydroxyl groups excluding tert-OH is 1. The maximum absolute atomic E-state index is 10.3. The highest BCUT2D eigenvalue weighted by Crippen LogP contribution is 2.15. The van der Waals surface area contributed by atoms with E-state index in [0.717, 1.165) is 22.4 Å². The van der Waals surface area contributed by atoms with E-state index in [-0.39, 0.29) is 28.1 Å². The smallest absolute Gasteiger partial charge is 0.298 e. The Labute approximate surface area is 169 Å². The number of aromatic nitrogens is 3. The van der Waals surface area contributed by atoms with Crippen molar-refractivity contribution in [3.63, 3.8) is 0 Å². The predicted octanol–water partition coefficient (Wildman–Crippen LogP) is 2.28. The van der Waals surface area contributed by atoms with Crippen LogP contribution in [0.4, 0.5) is 0 Å². The molecule has 0 unspecified atom stereocenters. The molecule has 4 rings (SSSR count). The number of imidazole rings is 1. The fourth-order valence-electron chi connectivity index (χ4n) is 3.00. The number of hydrogen-bond acceptors (Lipinski definition) is 6. The van der Waals surface area contributed by atoms with Crippen LogP contribution in [0.25, 0.3) is 28.2 Å². The topological polar surface area (TPSA) is 111 Å². The van der Waals surface area contributed by atoms with E-state index in [0.29, 0.717) is 16.2 Å². The average molecular weight is 403 g/mol. The Balaban J connectivity index is 2.13. The molecular weight excluding hydrogens is 386 g/mol. The van der Waals surface area contributed by atoms with Crippen LogP contribution in [0.2, 0.25) is 0 Å². The molecule has 2 aromatic carbocycles. The van der Waals surface area contributed by atoms with Gasteiger partial charge >= 0.3 is 0 Å². The van der Waals surface area contributed by atoms with Crippen LogP contribution in [0.15, 0.2) is 54.6 Å². The van der Waals surface area contributed by atoms with Gasteiger partial charge in [0.15, 0.2) is 15.8 Å². The molecule has 0 spiro atoms. The number of H-pyrrole nitrogens is 1. The van der Waals surface area contributed by atoms with Gasteiger partial charge in [0.2, 0.25) is 0 Å². The van der Waals surface area contributed by atoms with E-state index in [2.05, 4.69) is 16.0 Å². The van der Waals surface area contributed by atoms with Gasteiger partial charge in [0.1, 0.15) is 16.3 Å². The fourth-order valence-corrected chi connectivity index (χ4v) is 4.06. The number of thiazole rings is 1. The number of hydrogen-bond donors (Lipinski definition) is 3. The van der Waals surface area contributed by atoms with Crippen molar-refractivity contribution in [1.82, 2.24) is 14.5 Å². The lowest BCUT2D eigenvalue weighted by molar-refractivity contribution is 0.190. The van der Waals surface area contributed by atoms with Crippen molar-refractivity contribution >= 4 is 33.9 Å². The van der Waals surface area contributed by atoms with Crippen LogP contribution in [0.3, 0.4) is 0 Å². The summed E-state index contributed by atoms with van der Waals surface area (Å²) in [5, 5.41) is 28.8. The van der Waals surface area contributed by atoms with Crippen LogP contribution in [-0.4, -0.2) is 26.2 Å². The molecule has 7 nitrogen and oxygen atoms in total. The number of para-hydroxylation sites is 3. The largest absolute Gasteiger partial charge is 0.480 e. The van der Waals surface area contributed by atoms with Gasteiger partial charge in [-0.3, -0.25) is 9.98 Å². The molecule has 0 aliphatic carbocycles. The maximum atomic E-state index is 10.3. The molecule has 4 aromatic rings. The van der Waals surface area contributed by atoms with E-state index >= 15 is 0 Å². The Kier molecular flexibility index (Phi) is 4.89. The third kappa shape index (κ3) is 3.28. The summed E-state index contributed by atoms with van der Waals surface area (Å²) in [5.41, 5.74) is 2.56. The number of rotatable bonds is 4. The van der Waals surface area contributed by atoms with Crippen molar-refractivity contribution in [3.8, 4) is 11.8 Å². The maximum Gasteiger partial charge on any atom is 0.298 e. The first-order valence-corrected chi connectivity index (χ1v) is 9.73. The van der Waals surface area contributed by atoms with Crippen molar-refractivity contribution < 1.29 is 9.84 Å².